The van der Waals surface area contributed by atoms with Crippen molar-refractivity contribution in [2.24, 2.45) is 10.2 Å². The first-order valence-corrected chi connectivity index (χ1v) is 8.12. The Labute approximate surface area is 155 Å². The van der Waals surface area contributed by atoms with Gasteiger partial charge in [0, 0.05) is 18.0 Å². The number of carbonyl (C=O) groups excluding carboxylic acids is 2. The molecule has 0 saturated carbocycles. The van der Waals surface area contributed by atoms with Crippen LogP contribution in [-0.4, -0.2) is 16.9 Å². The molecule has 1 N–H and O–H groups in total. The van der Waals surface area contributed by atoms with Crippen molar-refractivity contribution >= 4 is 23.3 Å². The molecule has 0 atom stereocenters. The molecule has 3 rings (SSSR count). The molecule has 0 spiro atoms. The first kappa shape index (κ1) is 17.9. The smallest absolute Gasteiger partial charge is 0.338 e. The number of pyridine rings is 1. The summed E-state index contributed by atoms with van der Waals surface area (Å²) in [7, 11) is 0. The average molecular weight is 360 g/mol. The Kier molecular flexibility index (Phi) is 5.64. The lowest BCUT2D eigenvalue weighted by molar-refractivity contribution is 0.0596. The fourth-order valence-corrected chi connectivity index (χ4v) is 2.19. The van der Waals surface area contributed by atoms with E-state index in [1.165, 1.54) is 12.4 Å². The molecule has 0 aliphatic heterocycles. The SMILES string of the molecule is Cc1cccc(C(=O)ONc2ccc(N=NC(=O)c3ccncc3)cc2)c1. The quantitative estimate of drug-likeness (QED) is 0.534. The van der Waals surface area contributed by atoms with Crippen LogP contribution in [0.1, 0.15) is 26.3 Å². The van der Waals surface area contributed by atoms with Crippen molar-refractivity contribution in [2.75, 3.05) is 5.48 Å². The highest BCUT2D eigenvalue weighted by molar-refractivity contribution is 5.94. The first-order chi connectivity index (χ1) is 13.1. The molecule has 0 saturated heterocycles. The maximum atomic E-state index is 12.0. The van der Waals surface area contributed by atoms with E-state index >= 15 is 0 Å². The molecular weight excluding hydrogens is 344 g/mol. The summed E-state index contributed by atoms with van der Waals surface area (Å²) in [5.74, 6) is -0.933. The van der Waals surface area contributed by atoms with Crippen molar-refractivity contribution in [3.8, 4) is 0 Å². The maximum absolute atomic E-state index is 12.0. The number of benzene rings is 2. The van der Waals surface area contributed by atoms with Gasteiger partial charge in [-0.05, 0) is 55.5 Å². The van der Waals surface area contributed by atoms with E-state index in [4.69, 9.17) is 4.84 Å². The maximum Gasteiger partial charge on any atom is 0.362 e. The number of hydrogen-bond donors (Lipinski definition) is 1. The zero-order chi connectivity index (χ0) is 19.1. The molecule has 0 unspecified atom stereocenters. The summed E-state index contributed by atoms with van der Waals surface area (Å²) >= 11 is 0. The highest BCUT2D eigenvalue weighted by Crippen LogP contribution is 2.17. The Bertz CT molecular complexity index is 970. The second-order valence-electron chi connectivity index (χ2n) is 5.65. The van der Waals surface area contributed by atoms with Crippen molar-refractivity contribution in [2.45, 2.75) is 6.92 Å². The van der Waals surface area contributed by atoms with Crippen LogP contribution in [0.2, 0.25) is 0 Å². The lowest BCUT2D eigenvalue weighted by atomic mass is 10.1. The van der Waals surface area contributed by atoms with E-state index < -0.39 is 11.9 Å². The van der Waals surface area contributed by atoms with Crippen LogP contribution in [0.3, 0.4) is 0 Å². The van der Waals surface area contributed by atoms with Gasteiger partial charge in [-0.1, -0.05) is 17.7 Å². The summed E-state index contributed by atoms with van der Waals surface area (Å²) in [6.45, 7) is 1.90. The van der Waals surface area contributed by atoms with Gasteiger partial charge in [0.2, 0.25) is 0 Å². The average Bonchev–Trinajstić information content (AvgIpc) is 2.71. The van der Waals surface area contributed by atoms with Gasteiger partial charge in [0.25, 0.3) is 5.91 Å². The zero-order valence-electron chi connectivity index (χ0n) is 14.5. The van der Waals surface area contributed by atoms with Gasteiger partial charge in [-0.2, -0.15) is 0 Å². The molecule has 27 heavy (non-hydrogen) atoms. The third-order valence-electron chi connectivity index (χ3n) is 3.57. The number of anilines is 1. The van der Waals surface area contributed by atoms with Crippen molar-refractivity contribution in [3.05, 3.63) is 89.7 Å². The Morgan fingerprint density at radius 2 is 1.70 bits per heavy atom. The molecule has 7 heteroatoms. The molecule has 1 amide bonds. The fourth-order valence-electron chi connectivity index (χ4n) is 2.19. The number of carbonyl (C=O) groups is 2. The van der Waals surface area contributed by atoms with Crippen LogP contribution in [0.4, 0.5) is 11.4 Å². The number of aryl methyl sites for hydroxylation is 1. The minimum Gasteiger partial charge on any atom is -0.338 e. The van der Waals surface area contributed by atoms with E-state index in [9.17, 15) is 9.59 Å². The number of azo groups is 1. The van der Waals surface area contributed by atoms with Gasteiger partial charge in [0.05, 0.1) is 16.9 Å². The monoisotopic (exact) mass is 360 g/mol. The highest BCUT2D eigenvalue weighted by atomic mass is 16.7. The topological polar surface area (TPSA) is 93.0 Å². The molecular formula is C20H16N4O3. The zero-order valence-corrected chi connectivity index (χ0v) is 14.5. The molecule has 0 aliphatic rings. The second-order valence-corrected chi connectivity index (χ2v) is 5.65. The first-order valence-electron chi connectivity index (χ1n) is 8.12. The van der Waals surface area contributed by atoms with Crippen LogP contribution in [0, 0.1) is 6.92 Å². The fraction of sp³-hybridized carbons (Fsp3) is 0.0500. The van der Waals surface area contributed by atoms with Crippen molar-refractivity contribution < 1.29 is 14.4 Å². The molecule has 0 aliphatic carbocycles. The third-order valence-corrected chi connectivity index (χ3v) is 3.57. The van der Waals surface area contributed by atoms with Gasteiger partial charge >= 0.3 is 5.97 Å². The second kappa shape index (κ2) is 8.48. The van der Waals surface area contributed by atoms with Crippen molar-refractivity contribution in [3.63, 3.8) is 0 Å². The molecule has 0 radical (unpaired) electrons. The summed E-state index contributed by atoms with van der Waals surface area (Å²) in [5, 5.41) is 7.56. The molecule has 1 aromatic heterocycles. The molecule has 0 fully saturated rings. The van der Waals surface area contributed by atoms with Gasteiger partial charge in [0.1, 0.15) is 0 Å². The summed E-state index contributed by atoms with van der Waals surface area (Å²) in [4.78, 5) is 32.8. The molecule has 0 bridgehead atoms. The summed E-state index contributed by atoms with van der Waals surface area (Å²) < 4.78 is 0. The number of hydrogen-bond acceptors (Lipinski definition) is 6. The normalized spacial score (nSPS) is 10.6. The minimum atomic E-state index is -0.481. The number of nitrogens with one attached hydrogen (secondary N) is 1. The van der Waals surface area contributed by atoms with Crippen LogP contribution in [0.25, 0.3) is 0 Å². The number of nitrogens with zero attached hydrogens (tertiary/aromatic N) is 3. The number of rotatable bonds is 5. The van der Waals surface area contributed by atoms with E-state index in [2.05, 4.69) is 20.7 Å². The van der Waals surface area contributed by atoms with E-state index in [0.29, 0.717) is 22.5 Å². The van der Waals surface area contributed by atoms with Crippen molar-refractivity contribution in [1.29, 1.82) is 0 Å². The van der Waals surface area contributed by atoms with E-state index in [1.807, 2.05) is 13.0 Å². The molecule has 7 nitrogen and oxygen atoms in total. The summed E-state index contributed by atoms with van der Waals surface area (Å²) in [6.07, 6.45) is 3.03. The Hall–Kier alpha value is -3.87. The van der Waals surface area contributed by atoms with Crippen LogP contribution >= 0.6 is 0 Å². The summed E-state index contributed by atoms with van der Waals surface area (Å²) in [5.41, 5.74) is 5.49. The van der Waals surface area contributed by atoms with Gasteiger partial charge in [-0.3, -0.25) is 9.78 Å². The Balaban J connectivity index is 1.56. The lowest BCUT2D eigenvalue weighted by Gasteiger charge is -2.07. The summed E-state index contributed by atoms with van der Waals surface area (Å²) in [6, 6.07) is 16.9. The minimum absolute atomic E-state index is 0.412. The molecule has 1 heterocycles. The van der Waals surface area contributed by atoms with Crippen LogP contribution in [0.15, 0.2) is 83.3 Å². The number of aromatic nitrogens is 1. The Morgan fingerprint density at radius 3 is 2.41 bits per heavy atom. The van der Waals surface area contributed by atoms with Crippen LogP contribution in [-0.2, 0) is 4.84 Å². The third kappa shape index (κ3) is 5.05. The molecule has 3 aromatic rings. The predicted octanol–water partition coefficient (Wildman–Crippen LogP) is 4.50. The van der Waals surface area contributed by atoms with Gasteiger partial charge in [-0.15, -0.1) is 10.2 Å². The van der Waals surface area contributed by atoms with Gasteiger partial charge < -0.3 is 4.84 Å². The predicted molar refractivity (Wildman–Crippen MR) is 99.7 cm³/mol. The highest BCUT2D eigenvalue weighted by Gasteiger charge is 2.07. The lowest BCUT2D eigenvalue weighted by Crippen LogP contribution is -2.10. The molecule has 2 aromatic carbocycles. The number of amides is 1. The molecule has 134 valence electrons. The van der Waals surface area contributed by atoms with Crippen molar-refractivity contribution in [1.82, 2.24) is 4.98 Å². The van der Waals surface area contributed by atoms with E-state index in [0.717, 1.165) is 5.56 Å². The van der Waals surface area contributed by atoms with Crippen LogP contribution in [0.5, 0.6) is 0 Å². The Morgan fingerprint density at radius 1 is 0.963 bits per heavy atom. The standard InChI is InChI=1S/C20H16N4O3/c1-14-3-2-4-16(13-14)20(26)27-24-18-7-5-17(6-8-18)22-23-19(25)15-9-11-21-12-10-15/h2-13,24H,1H3. The van der Waals surface area contributed by atoms with E-state index in [1.54, 1.807) is 54.6 Å². The van der Waals surface area contributed by atoms with Gasteiger partial charge in [0.15, 0.2) is 0 Å². The largest absolute Gasteiger partial charge is 0.362 e. The van der Waals surface area contributed by atoms with Crippen LogP contribution < -0.4 is 5.48 Å². The van der Waals surface area contributed by atoms with E-state index in [-0.39, 0.29) is 0 Å². The van der Waals surface area contributed by atoms with Gasteiger partial charge in [-0.25, -0.2) is 10.3 Å².